The molecule has 0 atom stereocenters. The monoisotopic (exact) mass is 310 g/mol. The Balaban J connectivity index is 0.00000169. The second-order valence-corrected chi connectivity index (χ2v) is 4.25. The molecule has 0 aromatic heterocycles. The van der Waals surface area contributed by atoms with Gasteiger partial charge in [-0.15, -0.1) is 0 Å². The Hall–Kier alpha value is -0.277. The Labute approximate surface area is 104 Å². The average Bonchev–Trinajstić information content (AvgIpc) is 2.16. The Kier molecular flexibility index (Phi) is 6.13. The van der Waals surface area contributed by atoms with Gasteiger partial charge in [0.25, 0.3) is 0 Å². The maximum Gasteiger partial charge on any atom is -1.00 e. The maximum absolute atomic E-state index is 5.18. The van der Waals surface area contributed by atoms with E-state index in [1.165, 1.54) is 4.16 Å². The average molecular weight is 312 g/mol. The molecular formula is C9H11BrO3Zn. The molecule has 3 nitrogen and oxygen atoms in total. The molecule has 14 heavy (non-hydrogen) atoms. The summed E-state index contributed by atoms with van der Waals surface area (Å²) in [4.78, 5) is 0. The van der Waals surface area contributed by atoms with Crippen LogP contribution in [0, 0.1) is 0 Å². The van der Waals surface area contributed by atoms with Crippen molar-refractivity contribution in [1.82, 2.24) is 0 Å². The van der Waals surface area contributed by atoms with Crippen molar-refractivity contribution < 1.29 is 49.5 Å². The number of ether oxygens (including phenoxy) is 3. The summed E-state index contributed by atoms with van der Waals surface area (Å²) in [7, 11) is 4.85. The number of benzene rings is 1. The van der Waals surface area contributed by atoms with E-state index >= 15 is 0 Å². The van der Waals surface area contributed by atoms with Crippen LogP contribution in [-0.2, 0) is 18.3 Å². The first-order valence-electron chi connectivity index (χ1n) is 3.85. The fraction of sp³-hybridized carbons (Fsp3) is 0.333. The summed E-state index contributed by atoms with van der Waals surface area (Å²) in [6, 6.07) is 3.92. The molecule has 0 spiro atoms. The first kappa shape index (κ1) is 13.7. The van der Waals surface area contributed by atoms with E-state index in [1.54, 1.807) is 21.3 Å². The van der Waals surface area contributed by atoms with Crippen LogP contribution in [-0.4, -0.2) is 21.3 Å². The molecule has 0 N–H and O–H groups in total. The van der Waals surface area contributed by atoms with Gasteiger partial charge in [0.05, 0.1) is 0 Å². The molecule has 0 heterocycles. The molecular weight excluding hydrogens is 301 g/mol. The fourth-order valence-corrected chi connectivity index (χ4v) is 1.91. The van der Waals surface area contributed by atoms with Crippen molar-refractivity contribution in [2.45, 2.75) is 0 Å². The molecule has 1 aromatic carbocycles. The Morgan fingerprint density at radius 3 is 1.64 bits per heavy atom. The van der Waals surface area contributed by atoms with Gasteiger partial charge in [-0.3, -0.25) is 0 Å². The zero-order valence-corrected chi connectivity index (χ0v) is 13.0. The summed E-state index contributed by atoms with van der Waals surface area (Å²) in [6.07, 6.45) is 0. The summed E-state index contributed by atoms with van der Waals surface area (Å²) in [5.74, 6) is 2.11. The SMILES string of the molecule is COc1c[c]([Zn+])cc(OC)c1OC.[Br-]. The van der Waals surface area contributed by atoms with E-state index in [1.807, 2.05) is 12.1 Å². The van der Waals surface area contributed by atoms with Gasteiger partial charge in [-0.2, -0.15) is 0 Å². The molecule has 0 saturated carbocycles. The summed E-state index contributed by atoms with van der Waals surface area (Å²) in [6.45, 7) is 0. The molecule has 0 aliphatic rings. The standard InChI is InChI=1S/C9H11O3.BrH.Zn/c1-10-7-5-4-6-8(11-2)9(7)12-3;;/h5-6H,1-3H3;1H;/q;;+1/p-1. The van der Waals surface area contributed by atoms with Gasteiger partial charge < -0.3 is 17.0 Å². The molecule has 0 fully saturated rings. The van der Waals surface area contributed by atoms with Crippen molar-refractivity contribution in [3.05, 3.63) is 12.1 Å². The minimum atomic E-state index is 0. The first-order chi connectivity index (χ1) is 6.22. The predicted molar refractivity (Wildman–Crippen MR) is 45.7 cm³/mol. The fourth-order valence-electron chi connectivity index (χ4n) is 1.14. The van der Waals surface area contributed by atoms with Crippen LogP contribution in [0.15, 0.2) is 12.1 Å². The zero-order chi connectivity index (χ0) is 9.84. The van der Waals surface area contributed by atoms with Crippen molar-refractivity contribution in [3.8, 4) is 17.2 Å². The minimum absolute atomic E-state index is 0. The third-order valence-electron chi connectivity index (χ3n) is 1.72. The number of hydrogen-bond acceptors (Lipinski definition) is 3. The molecule has 1 aromatic rings. The predicted octanol–water partition coefficient (Wildman–Crippen LogP) is -2.11. The van der Waals surface area contributed by atoms with Gasteiger partial charge in [0.15, 0.2) is 0 Å². The van der Waals surface area contributed by atoms with Crippen molar-refractivity contribution in [1.29, 1.82) is 0 Å². The van der Waals surface area contributed by atoms with Gasteiger partial charge in [0.1, 0.15) is 0 Å². The molecule has 0 radical (unpaired) electrons. The molecule has 0 aliphatic heterocycles. The molecule has 74 valence electrons. The smallest absolute Gasteiger partial charge is 1.00 e. The van der Waals surface area contributed by atoms with E-state index < -0.39 is 0 Å². The van der Waals surface area contributed by atoms with Crippen LogP contribution in [0.5, 0.6) is 17.2 Å². The summed E-state index contributed by atoms with van der Waals surface area (Å²) in [5, 5.41) is 0. The molecule has 0 unspecified atom stereocenters. The van der Waals surface area contributed by atoms with Crippen molar-refractivity contribution in [3.63, 3.8) is 0 Å². The summed E-state index contributed by atoms with van der Waals surface area (Å²) in [5.41, 5.74) is 0. The van der Waals surface area contributed by atoms with Crippen molar-refractivity contribution in [2.24, 2.45) is 0 Å². The number of halogens is 1. The second kappa shape index (κ2) is 6.25. The first-order valence-corrected chi connectivity index (χ1v) is 5.33. The topological polar surface area (TPSA) is 27.7 Å². The quantitative estimate of drug-likeness (QED) is 0.598. The largest absolute Gasteiger partial charge is 1.00 e. The second-order valence-electron chi connectivity index (χ2n) is 2.53. The van der Waals surface area contributed by atoms with E-state index in [0.29, 0.717) is 5.75 Å². The molecule has 5 heteroatoms. The maximum atomic E-state index is 5.18. The molecule has 0 saturated heterocycles. The van der Waals surface area contributed by atoms with Gasteiger partial charge in [-0.25, -0.2) is 0 Å². The molecule has 0 bridgehead atoms. The Morgan fingerprint density at radius 1 is 0.929 bits per heavy atom. The van der Waals surface area contributed by atoms with E-state index in [-0.39, 0.29) is 17.0 Å². The summed E-state index contributed by atoms with van der Waals surface area (Å²) >= 11 is 1.07. The van der Waals surface area contributed by atoms with Crippen LogP contribution >= 0.6 is 0 Å². The van der Waals surface area contributed by atoms with Gasteiger partial charge in [0, 0.05) is 0 Å². The molecule has 0 amide bonds. The van der Waals surface area contributed by atoms with Gasteiger partial charge in [-0.1, -0.05) is 0 Å². The Morgan fingerprint density at radius 2 is 1.36 bits per heavy atom. The normalized spacial score (nSPS) is 8.93. The van der Waals surface area contributed by atoms with E-state index in [4.69, 9.17) is 14.2 Å². The van der Waals surface area contributed by atoms with E-state index in [9.17, 15) is 0 Å². The third-order valence-corrected chi connectivity index (χ3v) is 2.58. The van der Waals surface area contributed by atoms with Gasteiger partial charge >= 0.3 is 87.4 Å². The number of rotatable bonds is 3. The molecule has 0 aliphatic carbocycles. The van der Waals surface area contributed by atoms with E-state index in [2.05, 4.69) is 0 Å². The third kappa shape index (κ3) is 2.86. The van der Waals surface area contributed by atoms with E-state index in [0.717, 1.165) is 29.8 Å². The zero-order valence-electron chi connectivity index (χ0n) is 8.46. The van der Waals surface area contributed by atoms with Crippen molar-refractivity contribution >= 4 is 4.16 Å². The summed E-state index contributed by atoms with van der Waals surface area (Å²) < 4.78 is 16.7. The Bertz CT molecular complexity index is 279. The van der Waals surface area contributed by atoms with Gasteiger partial charge in [0.2, 0.25) is 0 Å². The number of hydrogen-bond donors (Lipinski definition) is 0. The van der Waals surface area contributed by atoms with Gasteiger partial charge in [-0.05, 0) is 0 Å². The van der Waals surface area contributed by atoms with Crippen LogP contribution in [0.4, 0.5) is 0 Å². The van der Waals surface area contributed by atoms with Crippen LogP contribution in [0.3, 0.4) is 0 Å². The molecule has 1 rings (SSSR count). The minimum Gasteiger partial charge on any atom is -1.00 e. The van der Waals surface area contributed by atoms with Crippen molar-refractivity contribution in [2.75, 3.05) is 21.3 Å². The van der Waals surface area contributed by atoms with Crippen LogP contribution in [0.25, 0.3) is 0 Å². The van der Waals surface area contributed by atoms with Crippen LogP contribution in [0.2, 0.25) is 0 Å². The number of methoxy groups -OCH3 is 3. The van der Waals surface area contributed by atoms with Crippen LogP contribution in [0.1, 0.15) is 0 Å². The van der Waals surface area contributed by atoms with Crippen LogP contribution < -0.4 is 35.3 Å².